The number of fused-ring (bicyclic) bond motifs is 2. The molecule has 3 atom stereocenters. The Balaban J connectivity index is 1.36. The highest BCUT2D eigenvalue weighted by Crippen LogP contribution is 2.47. The minimum absolute atomic E-state index is 1.02. The lowest BCUT2D eigenvalue weighted by atomic mass is 9.89. The van der Waals surface area contributed by atoms with Crippen LogP contribution in [-0.2, 0) is 0 Å². The molecule has 0 spiro atoms. The van der Waals surface area contributed by atoms with E-state index in [-0.39, 0.29) is 0 Å². The zero-order chi connectivity index (χ0) is 10.1. The van der Waals surface area contributed by atoms with Crippen LogP contribution in [0.2, 0.25) is 0 Å². The Hall–Kier alpha value is -0.0400. The van der Waals surface area contributed by atoms with Gasteiger partial charge in [0, 0.05) is 0 Å². The number of nitrogens with one attached hydrogen (secondary N) is 1. The smallest absolute Gasteiger partial charge is 0.00176 e. The Morgan fingerprint density at radius 2 is 1.73 bits per heavy atom. The van der Waals surface area contributed by atoms with Gasteiger partial charge in [-0.2, -0.15) is 0 Å². The molecule has 3 saturated carbocycles. The highest BCUT2D eigenvalue weighted by Gasteiger charge is 2.38. The molecule has 0 aromatic rings. The Kier molecular flexibility index (Phi) is 3.01. The van der Waals surface area contributed by atoms with Gasteiger partial charge in [-0.25, -0.2) is 0 Å². The summed E-state index contributed by atoms with van der Waals surface area (Å²) in [5, 5.41) is 3.75. The first kappa shape index (κ1) is 10.1. The van der Waals surface area contributed by atoms with E-state index in [0.29, 0.717) is 0 Å². The zero-order valence-electron chi connectivity index (χ0n) is 9.88. The van der Waals surface area contributed by atoms with E-state index in [2.05, 4.69) is 5.32 Å². The zero-order valence-corrected chi connectivity index (χ0v) is 9.88. The largest absolute Gasteiger partial charge is 0.316 e. The average molecular weight is 207 g/mol. The van der Waals surface area contributed by atoms with E-state index in [1.807, 2.05) is 0 Å². The molecule has 3 fully saturated rings. The van der Waals surface area contributed by atoms with Crippen LogP contribution in [0.5, 0.6) is 0 Å². The lowest BCUT2D eigenvalue weighted by Gasteiger charge is -2.22. The van der Waals surface area contributed by atoms with Gasteiger partial charge in [-0.15, -0.1) is 0 Å². The summed E-state index contributed by atoms with van der Waals surface area (Å²) >= 11 is 0. The molecule has 0 radical (unpaired) electrons. The molecule has 0 aromatic heterocycles. The van der Waals surface area contributed by atoms with Crippen LogP contribution < -0.4 is 5.32 Å². The summed E-state index contributed by atoms with van der Waals surface area (Å²) in [7, 11) is 0. The highest BCUT2D eigenvalue weighted by molar-refractivity contribution is 4.90. The molecule has 0 aliphatic heterocycles. The number of rotatable bonds is 4. The molecule has 2 bridgehead atoms. The molecule has 0 aromatic carbocycles. The SMILES string of the molecule is C1CCC(CNCC2CC3CCC2C3)C1. The summed E-state index contributed by atoms with van der Waals surface area (Å²) in [5.41, 5.74) is 0. The molecule has 86 valence electrons. The van der Waals surface area contributed by atoms with Crippen LogP contribution in [0.25, 0.3) is 0 Å². The molecule has 0 saturated heterocycles. The third kappa shape index (κ3) is 2.22. The maximum Gasteiger partial charge on any atom is -0.00176 e. The van der Waals surface area contributed by atoms with Gasteiger partial charge < -0.3 is 5.32 Å². The minimum atomic E-state index is 1.02. The van der Waals surface area contributed by atoms with Gasteiger partial charge in [-0.05, 0) is 68.9 Å². The van der Waals surface area contributed by atoms with Gasteiger partial charge in [-0.1, -0.05) is 19.3 Å². The van der Waals surface area contributed by atoms with Crippen LogP contribution in [0.1, 0.15) is 51.4 Å². The van der Waals surface area contributed by atoms with Gasteiger partial charge in [0.25, 0.3) is 0 Å². The monoisotopic (exact) mass is 207 g/mol. The summed E-state index contributed by atoms with van der Waals surface area (Å²) in [6.45, 7) is 2.64. The van der Waals surface area contributed by atoms with Crippen molar-refractivity contribution in [2.45, 2.75) is 51.4 Å². The Morgan fingerprint density at radius 1 is 0.867 bits per heavy atom. The summed E-state index contributed by atoms with van der Waals surface area (Å²) < 4.78 is 0. The Labute approximate surface area is 94.0 Å². The molecule has 3 rings (SSSR count). The minimum Gasteiger partial charge on any atom is -0.316 e. The fraction of sp³-hybridized carbons (Fsp3) is 1.00. The van der Waals surface area contributed by atoms with Crippen molar-refractivity contribution in [3.05, 3.63) is 0 Å². The Bertz CT molecular complexity index is 207. The van der Waals surface area contributed by atoms with Crippen LogP contribution in [0.4, 0.5) is 0 Å². The van der Waals surface area contributed by atoms with Crippen molar-refractivity contribution < 1.29 is 0 Å². The van der Waals surface area contributed by atoms with Crippen molar-refractivity contribution in [2.24, 2.45) is 23.7 Å². The van der Waals surface area contributed by atoms with Crippen molar-refractivity contribution in [2.75, 3.05) is 13.1 Å². The van der Waals surface area contributed by atoms with E-state index >= 15 is 0 Å². The van der Waals surface area contributed by atoms with E-state index in [9.17, 15) is 0 Å². The lowest BCUT2D eigenvalue weighted by Crippen LogP contribution is -2.29. The first-order chi connectivity index (χ1) is 7.42. The molecular weight excluding hydrogens is 182 g/mol. The van der Waals surface area contributed by atoms with Gasteiger partial charge >= 0.3 is 0 Å². The normalized spacial score (nSPS) is 40.4. The first-order valence-corrected chi connectivity index (χ1v) is 7.12. The van der Waals surface area contributed by atoms with Gasteiger partial charge in [0.1, 0.15) is 0 Å². The second-order valence-electron chi connectivity index (χ2n) is 6.24. The maximum absolute atomic E-state index is 3.75. The van der Waals surface area contributed by atoms with Gasteiger partial charge in [0.05, 0.1) is 0 Å². The van der Waals surface area contributed by atoms with Crippen molar-refractivity contribution in [1.82, 2.24) is 5.32 Å². The molecular formula is C14H25N. The van der Waals surface area contributed by atoms with Gasteiger partial charge in [0.2, 0.25) is 0 Å². The molecule has 1 nitrogen and oxygen atoms in total. The van der Waals surface area contributed by atoms with Crippen LogP contribution in [0.3, 0.4) is 0 Å². The average Bonchev–Trinajstić information content (AvgIpc) is 2.93. The summed E-state index contributed by atoms with van der Waals surface area (Å²) in [5.74, 6) is 4.29. The first-order valence-electron chi connectivity index (χ1n) is 7.12. The van der Waals surface area contributed by atoms with Crippen LogP contribution in [-0.4, -0.2) is 13.1 Å². The fourth-order valence-electron chi connectivity index (χ4n) is 4.31. The van der Waals surface area contributed by atoms with E-state index in [1.54, 1.807) is 25.7 Å². The molecule has 0 amide bonds. The third-order valence-corrected chi connectivity index (χ3v) is 5.20. The van der Waals surface area contributed by atoms with Crippen molar-refractivity contribution in [3.8, 4) is 0 Å². The van der Waals surface area contributed by atoms with E-state index in [4.69, 9.17) is 0 Å². The molecule has 1 heteroatoms. The van der Waals surface area contributed by atoms with Crippen LogP contribution in [0.15, 0.2) is 0 Å². The Morgan fingerprint density at radius 3 is 2.40 bits per heavy atom. The maximum atomic E-state index is 3.75. The fourth-order valence-corrected chi connectivity index (χ4v) is 4.31. The quantitative estimate of drug-likeness (QED) is 0.746. The third-order valence-electron chi connectivity index (χ3n) is 5.20. The summed E-state index contributed by atoms with van der Waals surface area (Å²) in [6.07, 6.45) is 12.1. The summed E-state index contributed by atoms with van der Waals surface area (Å²) in [6, 6.07) is 0. The predicted molar refractivity (Wildman–Crippen MR) is 63.8 cm³/mol. The summed E-state index contributed by atoms with van der Waals surface area (Å²) in [4.78, 5) is 0. The highest BCUT2D eigenvalue weighted by atomic mass is 14.9. The number of hydrogen-bond donors (Lipinski definition) is 1. The van der Waals surface area contributed by atoms with Crippen molar-refractivity contribution in [1.29, 1.82) is 0 Å². The molecule has 3 unspecified atom stereocenters. The number of hydrogen-bond acceptors (Lipinski definition) is 1. The van der Waals surface area contributed by atoms with Gasteiger partial charge in [0.15, 0.2) is 0 Å². The lowest BCUT2D eigenvalue weighted by molar-refractivity contribution is 0.311. The standard InChI is InChI=1S/C14H25N/c1-2-4-11(3-1)9-15-10-14-8-12-5-6-13(14)7-12/h11-15H,1-10H2. The van der Waals surface area contributed by atoms with Crippen molar-refractivity contribution in [3.63, 3.8) is 0 Å². The van der Waals surface area contributed by atoms with E-state index in [0.717, 1.165) is 23.7 Å². The molecule has 0 heterocycles. The molecule has 3 aliphatic carbocycles. The molecule has 3 aliphatic rings. The second kappa shape index (κ2) is 4.45. The topological polar surface area (TPSA) is 12.0 Å². The second-order valence-corrected chi connectivity index (χ2v) is 6.24. The van der Waals surface area contributed by atoms with Crippen LogP contribution in [0, 0.1) is 23.7 Å². The predicted octanol–water partition coefficient (Wildman–Crippen LogP) is 3.20. The molecule has 15 heavy (non-hydrogen) atoms. The van der Waals surface area contributed by atoms with Crippen molar-refractivity contribution >= 4 is 0 Å². The molecule has 1 N–H and O–H groups in total. The van der Waals surface area contributed by atoms with E-state index in [1.165, 1.54) is 38.8 Å². The van der Waals surface area contributed by atoms with Gasteiger partial charge in [-0.3, -0.25) is 0 Å². The van der Waals surface area contributed by atoms with Crippen LogP contribution >= 0.6 is 0 Å². The van der Waals surface area contributed by atoms with E-state index < -0.39 is 0 Å².